The van der Waals surface area contributed by atoms with Crippen molar-refractivity contribution in [3.8, 4) is 10.8 Å². The average molecular weight is 367 g/mol. The summed E-state index contributed by atoms with van der Waals surface area (Å²) in [5.41, 5.74) is 9.17. The fraction of sp³-hybridized carbons (Fsp3) is 0.200. The number of thiophene rings is 1. The van der Waals surface area contributed by atoms with Gasteiger partial charge in [0, 0.05) is 17.8 Å². The van der Waals surface area contributed by atoms with E-state index in [-0.39, 0.29) is 11.7 Å². The highest BCUT2D eigenvalue weighted by molar-refractivity contribution is 7.12. The van der Waals surface area contributed by atoms with Gasteiger partial charge in [0.25, 0.3) is 5.91 Å². The van der Waals surface area contributed by atoms with Gasteiger partial charge in [-0.2, -0.15) is 0 Å². The first-order valence-electron chi connectivity index (χ1n) is 8.41. The standard InChI is InChI=1S/C20H21N3O2S/c1-3-15-10-11-26-20(15)25-16-7-5-14(6-8-16)12-22-19(24)17-9-4-13(2)23-18(17)21/h4-11H,3,12H2,1-2H3,(H2,21,23)(H,22,24). The molecule has 134 valence electrons. The van der Waals surface area contributed by atoms with Crippen LogP contribution in [0.3, 0.4) is 0 Å². The minimum Gasteiger partial charge on any atom is -0.446 e. The van der Waals surface area contributed by atoms with Crippen molar-refractivity contribution in [3.05, 3.63) is 70.2 Å². The minimum atomic E-state index is -0.235. The molecule has 0 saturated carbocycles. The van der Waals surface area contributed by atoms with Gasteiger partial charge in [-0.15, -0.1) is 11.3 Å². The first-order valence-corrected chi connectivity index (χ1v) is 9.29. The summed E-state index contributed by atoms with van der Waals surface area (Å²) >= 11 is 1.59. The number of nitrogens with two attached hydrogens (primary N) is 1. The lowest BCUT2D eigenvalue weighted by atomic mass is 10.2. The second-order valence-electron chi connectivity index (χ2n) is 5.90. The molecule has 1 aromatic carbocycles. The molecule has 0 unspecified atom stereocenters. The maximum Gasteiger partial charge on any atom is 0.255 e. The summed E-state index contributed by atoms with van der Waals surface area (Å²) in [6, 6.07) is 13.2. The zero-order valence-electron chi connectivity index (χ0n) is 14.8. The number of ether oxygens (including phenoxy) is 1. The van der Waals surface area contributed by atoms with Crippen LogP contribution in [0, 0.1) is 6.92 Å². The van der Waals surface area contributed by atoms with Crippen LogP contribution < -0.4 is 15.8 Å². The maximum absolute atomic E-state index is 12.2. The van der Waals surface area contributed by atoms with Gasteiger partial charge in [-0.25, -0.2) is 4.98 Å². The Morgan fingerprint density at radius 2 is 1.96 bits per heavy atom. The molecular formula is C20H21N3O2S. The Morgan fingerprint density at radius 1 is 1.19 bits per heavy atom. The van der Waals surface area contributed by atoms with Crippen LogP contribution in [0.2, 0.25) is 0 Å². The summed E-state index contributed by atoms with van der Waals surface area (Å²) in [5, 5.41) is 5.82. The Kier molecular flexibility index (Phi) is 5.53. The summed E-state index contributed by atoms with van der Waals surface area (Å²) in [6.45, 7) is 4.35. The highest BCUT2D eigenvalue weighted by Crippen LogP contribution is 2.31. The summed E-state index contributed by atoms with van der Waals surface area (Å²) in [5.74, 6) is 0.791. The molecule has 3 rings (SSSR count). The molecule has 0 radical (unpaired) electrons. The number of hydrogen-bond acceptors (Lipinski definition) is 5. The molecule has 0 fully saturated rings. The molecule has 3 aromatic rings. The van der Waals surface area contributed by atoms with E-state index in [1.165, 1.54) is 5.56 Å². The maximum atomic E-state index is 12.2. The molecule has 1 amide bonds. The van der Waals surface area contributed by atoms with E-state index in [0.29, 0.717) is 12.1 Å². The third kappa shape index (κ3) is 4.21. The molecule has 0 aliphatic heterocycles. The van der Waals surface area contributed by atoms with Crippen LogP contribution in [-0.2, 0) is 13.0 Å². The molecule has 0 spiro atoms. The first-order chi connectivity index (χ1) is 12.6. The third-order valence-corrected chi connectivity index (χ3v) is 4.81. The van der Waals surface area contributed by atoms with E-state index >= 15 is 0 Å². The van der Waals surface area contributed by atoms with Crippen LogP contribution in [0.4, 0.5) is 5.82 Å². The van der Waals surface area contributed by atoms with Crippen molar-refractivity contribution in [1.82, 2.24) is 10.3 Å². The van der Waals surface area contributed by atoms with Gasteiger partial charge < -0.3 is 15.8 Å². The van der Waals surface area contributed by atoms with Crippen LogP contribution >= 0.6 is 11.3 Å². The van der Waals surface area contributed by atoms with Crippen molar-refractivity contribution in [2.75, 3.05) is 5.73 Å². The van der Waals surface area contributed by atoms with E-state index < -0.39 is 0 Å². The molecule has 0 aliphatic carbocycles. The van der Waals surface area contributed by atoms with E-state index in [0.717, 1.165) is 28.5 Å². The van der Waals surface area contributed by atoms with Crippen LogP contribution in [0.15, 0.2) is 47.8 Å². The second kappa shape index (κ2) is 8.01. The van der Waals surface area contributed by atoms with Gasteiger partial charge in [-0.3, -0.25) is 4.79 Å². The molecule has 0 aliphatic rings. The SMILES string of the molecule is CCc1ccsc1Oc1ccc(CNC(=O)c2ccc(C)nc2N)cc1. The van der Waals surface area contributed by atoms with Gasteiger partial charge >= 0.3 is 0 Å². The molecule has 2 heterocycles. The molecule has 0 saturated heterocycles. The number of aryl methyl sites for hydroxylation is 2. The summed E-state index contributed by atoms with van der Waals surface area (Å²) in [6.07, 6.45) is 0.944. The van der Waals surface area contributed by atoms with Crippen molar-refractivity contribution in [2.45, 2.75) is 26.8 Å². The molecule has 0 atom stereocenters. The van der Waals surface area contributed by atoms with Crippen LogP contribution in [0.25, 0.3) is 0 Å². The molecule has 5 nitrogen and oxygen atoms in total. The van der Waals surface area contributed by atoms with E-state index in [1.54, 1.807) is 23.5 Å². The predicted molar refractivity (Wildman–Crippen MR) is 105 cm³/mol. The van der Waals surface area contributed by atoms with Gasteiger partial charge in [-0.05, 0) is 54.6 Å². The van der Waals surface area contributed by atoms with E-state index in [9.17, 15) is 4.79 Å². The number of anilines is 1. The van der Waals surface area contributed by atoms with Gasteiger partial charge in [0.05, 0.1) is 5.56 Å². The number of carbonyl (C=O) groups excluding carboxylic acids is 1. The third-order valence-electron chi connectivity index (χ3n) is 3.98. The monoisotopic (exact) mass is 367 g/mol. The molecule has 6 heteroatoms. The fourth-order valence-electron chi connectivity index (χ4n) is 2.50. The Hall–Kier alpha value is -2.86. The zero-order chi connectivity index (χ0) is 18.5. The predicted octanol–water partition coefficient (Wildman–Crippen LogP) is 4.32. The van der Waals surface area contributed by atoms with Gasteiger partial charge in [0.2, 0.25) is 0 Å². The van der Waals surface area contributed by atoms with Crippen LogP contribution in [-0.4, -0.2) is 10.9 Å². The van der Waals surface area contributed by atoms with Crippen molar-refractivity contribution >= 4 is 23.1 Å². The Labute approximate surface area is 156 Å². The number of carbonyl (C=O) groups is 1. The molecule has 0 bridgehead atoms. The average Bonchev–Trinajstić information content (AvgIpc) is 3.08. The number of nitrogens with one attached hydrogen (secondary N) is 1. The number of rotatable bonds is 6. The van der Waals surface area contributed by atoms with Gasteiger partial charge in [0.1, 0.15) is 11.6 Å². The number of hydrogen-bond donors (Lipinski definition) is 2. The number of amides is 1. The van der Waals surface area contributed by atoms with Crippen molar-refractivity contribution < 1.29 is 9.53 Å². The fourth-order valence-corrected chi connectivity index (χ4v) is 3.37. The largest absolute Gasteiger partial charge is 0.446 e. The summed E-state index contributed by atoms with van der Waals surface area (Å²) in [4.78, 5) is 16.4. The highest BCUT2D eigenvalue weighted by Gasteiger charge is 2.10. The number of benzene rings is 1. The van der Waals surface area contributed by atoms with Gasteiger partial charge in [0.15, 0.2) is 5.06 Å². The lowest BCUT2D eigenvalue weighted by Crippen LogP contribution is -2.24. The number of aromatic nitrogens is 1. The number of nitrogens with zero attached hydrogens (tertiary/aromatic N) is 1. The Morgan fingerprint density at radius 3 is 2.65 bits per heavy atom. The molecule has 26 heavy (non-hydrogen) atoms. The topological polar surface area (TPSA) is 77.2 Å². The second-order valence-corrected chi connectivity index (χ2v) is 6.78. The molecule has 2 aromatic heterocycles. The van der Waals surface area contributed by atoms with Crippen LogP contribution in [0.5, 0.6) is 10.8 Å². The van der Waals surface area contributed by atoms with Crippen molar-refractivity contribution in [2.24, 2.45) is 0 Å². The number of pyridine rings is 1. The quantitative estimate of drug-likeness (QED) is 0.680. The zero-order valence-corrected chi connectivity index (χ0v) is 15.6. The minimum absolute atomic E-state index is 0.235. The number of nitrogen functional groups attached to an aromatic ring is 1. The van der Waals surface area contributed by atoms with E-state index in [2.05, 4.69) is 23.3 Å². The highest BCUT2D eigenvalue weighted by atomic mass is 32.1. The molecule has 3 N–H and O–H groups in total. The normalized spacial score (nSPS) is 10.5. The van der Waals surface area contributed by atoms with Gasteiger partial charge in [-0.1, -0.05) is 19.1 Å². The summed E-state index contributed by atoms with van der Waals surface area (Å²) in [7, 11) is 0. The lowest BCUT2D eigenvalue weighted by molar-refractivity contribution is 0.0951. The lowest BCUT2D eigenvalue weighted by Gasteiger charge is -2.09. The van der Waals surface area contributed by atoms with E-state index in [1.807, 2.05) is 36.6 Å². The smallest absolute Gasteiger partial charge is 0.255 e. The van der Waals surface area contributed by atoms with Crippen LogP contribution in [0.1, 0.15) is 34.1 Å². The van der Waals surface area contributed by atoms with Crippen molar-refractivity contribution in [1.29, 1.82) is 0 Å². The first kappa shape index (κ1) is 17.9. The molecular weight excluding hydrogens is 346 g/mol. The Balaban J connectivity index is 1.60. The van der Waals surface area contributed by atoms with Crippen molar-refractivity contribution in [3.63, 3.8) is 0 Å². The Bertz CT molecular complexity index is 904. The van der Waals surface area contributed by atoms with E-state index in [4.69, 9.17) is 10.5 Å². The summed E-state index contributed by atoms with van der Waals surface area (Å²) < 4.78 is 5.92.